The highest BCUT2D eigenvalue weighted by molar-refractivity contribution is 4.78. The molecule has 3 nitrogen and oxygen atoms in total. The largest absolute Gasteiger partial charge is 0.395 e. The summed E-state index contributed by atoms with van der Waals surface area (Å²) >= 11 is 0. The number of halogens is 1. The van der Waals surface area contributed by atoms with Gasteiger partial charge in [-0.1, -0.05) is 84.0 Å². The van der Waals surface area contributed by atoms with Crippen LogP contribution in [0.5, 0.6) is 0 Å². The van der Waals surface area contributed by atoms with Crippen molar-refractivity contribution >= 4 is 0 Å². The molecule has 0 aliphatic carbocycles. The number of rotatable bonds is 16. The lowest BCUT2D eigenvalue weighted by Gasteiger charge is -2.20. The average molecular weight is 320 g/mol. The molecular formula is C18H38FNO2. The average Bonchev–Trinajstić information content (AvgIpc) is 2.54. The molecule has 22 heavy (non-hydrogen) atoms. The lowest BCUT2D eigenvalue weighted by molar-refractivity contribution is 0.0335. The van der Waals surface area contributed by atoms with Crippen LogP contribution < -0.4 is 5.73 Å². The summed E-state index contributed by atoms with van der Waals surface area (Å²) in [6, 6.07) is -0.868. The minimum absolute atomic E-state index is 0.340. The zero-order chi connectivity index (χ0) is 16.6. The zero-order valence-corrected chi connectivity index (χ0v) is 14.5. The molecule has 0 aromatic heterocycles. The summed E-state index contributed by atoms with van der Waals surface area (Å²) in [7, 11) is 0. The molecule has 0 saturated carbocycles. The predicted molar refractivity (Wildman–Crippen MR) is 91.7 cm³/mol. The van der Waals surface area contributed by atoms with E-state index in [4.69, 9.17) is 10.8 Å². The molecule has 0 spiro atoms. The molecule has 0 unspecified atom stereocenters. The van der Waals surface area contributed by atoms with Gasteiger partial charge in [0.15, 0.2) is 0 Å². The van der Waals surface area contributed by atoms with E-state index in [0.717, 1.165) is 19.3 Å². The Bertz CT molecular complexity index is 229. The van der Waals surface area contributed by atoms with E-state index in [-0.39, 0.29) is 6.61 Å². The maximum atomic E-state index is 13.6. The Labute approximate surface area is 136 Å². The summed E-state index contributed by atoms with van der Waals surface area (Å²) in [4.78, 5) is 0. The smallest absolute Gasteiger partial charge is 0.127 e. The van der Waals surface area contributed by atoms with E-state index in [0.29, 0.717) is 6.42 Å². The van der Waals surface area contributed by atoms with Crippen molar-refractivity contribution in [1.82, 2.24) is 0 Å². The van der Waals surface area contributed by atoms with Crippen molar-refractivity contribution in [2.75, 3.05) is 6.61 Å². The van der Waals surface area contributed by atoms with Crippen LogP contribution in [0.25, 0.3) is 0 Å². The Hall–Kier alpha value is -0.190. The van der Waals surface area contributed by atoms with Crippen molar-refractivity contribution in [3.63, 3.8) is 0 Å². The van der Waals surface area contributed by atoms with Gasteiger partial charge in [-0.05, 0) is 6.42 Å². The van der Waals surface area contributed by atoms with E-state index < -0.39 is 18.3 Å². The van der Waals surface area contributed by atoms with Crippen molar-refractivity contribution in [2.24, 2.45) is 5.73 Å². The van der Waals surface area contributed by atoms with Gasteiger partial charge in [0.2, 0.25) is 0 Å². The van der Waals surface area contributed by atoms with Crippen LogP contribution in [-0.2, 0) is 0 Å². The van der Waals surface area contributed by atoms with Gasteiger partial charge in [-0.25, -0.2) is 4.39 Å². The van der Waals surface area contributed by atoms with Crippen LogP contribution in [0.1, 0.15) is 90.4 Å². The summed E-state index contributed by atoms with van der Waals surface area (Å²) in [5.41, 5.74) is 5.41. The monoisotopic (exact) mass is 319 g/mol. The molecule has 0 aliphatic heterocycles. The molecule has 0 aromatic rings. The van der Waals surface area contributed by atoms with Crippen LogP contribution in [0.3, 0.4) is 0 Å². The summed E-state index contributed by atoms with van der Waals surface area (Å²) in [5.74, 6) is 0. The first-order chi connectivity index (χ1) is 10.6. The number of hydrogen-bond acceptors (Lipinski definition) is 3. The number of hydrogen-bond donors (Lipinski definition) is 3. The maximum absolute atomic E-state index is 13.6. The van der Waals surface area contributed by atoms with Gasteiger partial charge in [0.05, 0.1) is 12.6 Å². The molecule has 0 aliphatic rings. The lowest BCUT2D eigenvalue weighted by atomic mass is 10.0. The Morgan fingerprint density at radius 3 is 1.64 bits per heavy atom. The third kappa shape index (κ3) is 12.4. The molecule has 4 N–H and O–H groups in total. The number of unbranched alkanes of at least 4 members (excludes halogenated alkanes) is 11. The molecule has 0 heterocycles. The second kappa shape index (κ2) is 15.7. The fourth-order valence-corrected chi connectivity index (χ4v) is 2.73. The highest BCUT2D eigenvalue weighted by Crippen LogP contribution is 2.15. The van der Waals surface area contributed by atoms with Gasteiger partial charge < -0.3 is 15.9 Å². The second-order valence-electron chi connectivity index (χ2n) is 6.53. The van der Waals surface area contributed by atoms with Gasteiger partial charge in [-0.3, -0.25) is 0 Å². The summed E-state index contributed by atoms with van der Waals surface area (Å²) in [6.07, 6.45) is 12.7. The molecule has 0 radical (unpaired) electrons. The van der Waals surface area contributed by atoms with Crippen LogP contribution in [0, 0.1) is 0 Å². The quantitative estimate of drug-likeness (QED) is 0.375. The summed E-state index contributed by atoms with van der Waals surface area (Å²) in [5, 5.41) is 18.3. The number of nitrogens with two attached hydrogens (primary N) is 1. The highest BCUT2D eigenvalue weighted by Gasteiger charge is 2.23. The van der Waals surface area contributed by atoms with Crippen LogP contribution in [0.2, 0.25) is 0 Å². The Balaban J connectivity index is 3.26. The third-order valence-electron chi connectivity index (χ3n) is 4.35. The standard InChI is InChI=1S/C18H38FNO2/c1-2-3-4-5-6-7-8-9-10-11-12-13-14-16(19)18(22)17(20)15-21/h16-18,21-22H,2-15,20H2,1H3/t16-,17+,18+/m0/s1. The molecular weight excluding hydrogens is 281 g/mol. The number of alkyl halides is 1. The van der Waals surface area contributed by atoms with Gasteiger partial charge in [-0.2, -0.15) is 0 Å². The summed E-state index contributed by atoms with van der Waals surface area (Å²) < 4.78 is 13.6. The van der Waals surface area contributed by atoms with E-state index >= 15 is 0 Å². The molecule has 3 atom stereocenters. The SMILES string of the molecule is CCCCCCCCCCCCCC[C@H](F)[C@@H](O)[C@H](N)CO. The van der Waals surface area contributed by atoms with Crippen LogP contribution in [0.15, 0.2) is 0 Å². The number of aliphatic hydroxyl groups is 2. The van der Waals surface area contributed by atoms with E-state index in [1.807, 2.05) is 0 Å². The molecule has 134 valence electrons. The van der Waals surface area contributed by atoms with Crippen LogP contribution in [0.4, 0.5) is 4.39 Å². The molecule has 4 heteroatoms. The van der Waals surface area contributed by atoms with Gasteiger partial charge in [-0.15, -0.1) is 0 Å². The topological polar surface area (TPSA) is 66.5 Å². The van der Waals surface area contributed by atoms with Crippen molar-refractivity contribution in [1.29, 1.82) is 0 Å². The molecule has 0 bridgehead atoms. The van der Waals surface area contributed by atoms with Gasteiger partial charge in [0, 0.05) is 0 Å². The molecule has 0 fully saturated rings. The normalized spacial score (nSPS) is 15.7. The van der Waals surface area contributed by atoms with Gasteiger partial charge in [0.25, 0.3) is 0 Å². The molecule has 0 amide bonds. The Morgan fingerprint density at radius 2 is 1.23 bits per heavy atom. The first kappa shape index (κ1) is 21.8. The minimum atomic E-state index is -1.31. The summed E-state index contributed by atoms with van der Waals surface area (Å²) in [6.45, 7) is 1.87. The van der Waals surface area contributed by atoms with Gasteiger partial charge in [0.1, 0.15) is 12.3 Å². The van der Waals surface area contributed by atoms with E-state index in [9.17, 15) is 9.50 Å². The van der Waals surface area contributed by atoms with E-state index in [1.54, 1.807) is 0 Å². The Kier molecular flexibility index (Phi) is 15.6. The molecule has 0 saturated heterocycles. The highest BCUT2D eigenvalue weighted by atomic mass is 19.1. The zero-order valence-electron chi connectivity index (χ0n) is 14.5. The first-order valence-corrected chi connectivity index (χ1v) is 9.32. The Morgan fingerprint density at radius 1 is 0.818 bits per heavy atom. The molecule has 0 rings (SSSR count). The van der Waals surface area contributed by atoms with Crippen molar-refractivity contribution in [3.05, 3.63) is 0 Å². The third-order valence-corrected chi connectivity index (χ3v) is 4.35. The lowest BCUT2D eigenvalue weighted by Crippen LogP contribution is -2.43. The number of aliphatic hydroxyl groups excluding tert-OH is 2. The van der Waals surface area contributed by atoms with Crippen molar-refractivity contribution in [2.45, 2.75) is 109 Å². The van der Waals surface area contributed by atoms with E-state index in [1.165, 1.54) is 57.8 Å². The fraction of sp³-hybridized carbons (Fsp3) is 1.00. The maximum Gasteiger partial charge on any atom is 0.127 e. The van der Waals surface area contributed by atoms with E-state index in [2.05, 4.69) is 6.92 Å². The minimum Gasteiger partial charge on any atom is -0.395 e. The predicted octanol–water partition coefficient (Wildman–Crippen LogP) is 4.10. The van der Waals surface area contributed by atoms with Crippen LogP contribution in [-0.4, -0.2) is 35.1 Å². The molecule has 0 aromatic carbocycles. The van der Waals surface area contributed by atoms with Gasteiger partial charge >= 0.3 is 0 Å². The van der Waals surface area contributed by atoms with Crippen LogP contribution >= 0.6 is 0 Å². The van der Waals surface area contributed by atoms with Crippen molar-refractivity contribution in [3.8, 4) is 0 Å². The second-order valence-corrected chi connectivity index (χ2v) is 6.53. The first-order valence-electron chi connectivity index (χ1n) is 9.32. The van der Waals surface area contributed by atoms with Crippen molar-refractivity contribution < 1.29 is 14.6 Å². The fourth-order valence-electron chi connectivity index (χ4n) is 2.73.